The second-order valence-corrected chi connectivity index (χ2v) is 5.67. The highest BCUT2D eigenvalue weighted by Gasteiger charge is 2.38. The lowest BCUT2D eigenvalue weighted by Crippen LogP contribution is -2.56. The molecule has 2 heteroatoms. The summed E-state index contributed by atoms with van der Waals surface area (Å²) in [6.07, 6.45) is 3.60. The molecule has 2 unspecified atom stereocenters. The van der Waals surface area contributed by atoms with Crippen LogP contribution < -0.4 is 5.32 Å². The SMILES string of the molecule is C=CC(C)CC(CC)(NC(C)C)C(=O)C(C)C. The zero-order valence-electron chi connectivity index (χ0n) is 12.3. The molecule has 1 N–H and O–H groups in total. The first kappa shape index (κ1) is 16.4. The monoisotopic (exact) mass is 239 g/mol. The Bertz CT molecular complexity index is 258. The molecule has 0 amide bonds. The lowest BCUT2D eigenvalue weighted by atomic mass is 9.78. The average molecular weight is 239 g/mol. The Kier molecular flexibility index (Phi) is 6.69. The van der Waals surface area contributed by atoms with E-state index in [1.54, 1.807) is 0 Å². The number of nitrogens with one attached hydrogen (secondary N) is 1. The number of carbonyl (C=O) groups is 1. The molecule has 0 spiro atoms. The predicted molar refractivity (Wildman–Crippen MR) is 75.1 cm³/mol. The standard InChI is InChI=1S/C15H29NO/c1-8-13(7)10-15(9-2,16-12(5)6)14(17)11(3)4/h8,11-13,16H,1,9-10H2,2-7H3. The molecule has 0 saturated carbocycles. The Balaban J connectivity index is 5.13. The second kappa shape index (κ2) is 6.95. The second-order valence-electron chi connectivity index (χ2n) is 5.67. The van der Waals surface area contributed by atoms with Crippen LogP contribution in [0.25, 0.3) is 0 Å². The molecule has 17 heavy (non-hydrogen) atoms. The maximum Gasteiger partial charge on any atom is 0.155 e. The van der Waals surface area contributed by atoms with Crippen LogP contribution >= 0.6 is 0 Å². The molecule has 0 aliphatic heterocycles. The molecular formula is C15H29NO. The summed E-state index contributed by atoms with van der Waals surface area (Å²) in [6.45, 7) is 16.2. The average Bonchev–Trinajstić information content (AvgIpc) is 2.25. The van der Waals surface area contributed by atoms with Gasteiger partial charge >= 0.3 is 0 Å². The van der Waals surface area contributed by atoms with E-state index in [0.29, 0.717) is 17.7 Å². The Morgan fingerprint density at radius 1 is 1.29 bits per heavy atom. The predicted octanol–water partition coefficient (Wildman–Crippen LogP) is 3.57. The smallest absolute Gasteiger partial charge is 0.155 e. The van der Waals surface area contributed by atoms with Crippen LogP contribution in [0.3, 0.4) is 0 Å². The lowest BCUT2D eigenvalue weighted by molar-refractivity contribution is -0.129. The zero-order chi connectivity index (χ0) is 13.6. The van der Waals surface area contributed by atoms with Crippen molar-refractivity contribution in [3.8, 4) is 0 Å². The molecule has 0 heterocycles. The minimum Gasteiger partial charge on any atom is -0.303 e. The first-order valence-corrected chi connectivity index (χ1v) is 6.73. The number of Topliss-reactive ketones (excluding diaryl/α,β-unsaturated/α-hetero) is 1. The highest BCUT2D eigenvalue weighted by atomic mass is 16.1. The summed E-state index contributed by atoms with van der Waals surface area (Å²) in [5.74, 6) is 0.740. The molecule has 0 aliphatic rings. The van der Waals surface area contributed by atoms with Gasteiger partial charge in [-0.3, -0.25) is 4.79 Å². The minimum atomic E-state index is -0.393. The van der Waals surface area contributed by atoms with Gasteiger partial charge in [-0.05, 0) is 32.6 Å². The van der Waals surface area contributed by atoms with Crippen molar-refractivity contribution >= 4 is 5.78 Å². The van der Waals surface area contributed by atoms with Crippen molar-refractivity contribution in [1.29, 1.82) is 0 Å². The Labute approximate surface area is 107 Å². The molecule has 2 atom stereocenters. The largest absolute Gasteiger partial charge is 0.303 e. The normalized spacial score (nSPS) is 16.9. The van der Waals surface area contributed by atoms with E-state index in [-0.39, 0.29) is 5.92 Å². The number of ketones is 1. The van der Waals surface area contributed by atoms with Gasteiger partial charge in [0.05, 0.1) is 5.54 Å². The first-order chi connectivity index (χ1) is 7.79. The maximum absolute atomic E-state index is 12.5. The molecule has 0 aliphatic carbocycles. The van der Waals surface area contributed by atoms with E-state index >= 15 is 0 Å². The van der Waals surface area contributed by atoms with Crippen molar-refractivity contribution in [2.24, 2.45) is 11.8 Å². The van der Waals surface area contributed by atoms with E-state index in [4.69, 9.17) is 0 Å². The van der Waals surface area contributed by atoms with Gasteiger partial charge in [-0.2, -0.15) is 0 Å². The van der Waals surface area contributed by atoms with Crippen molar-refractivity contribution in [2.45, 2.75) is 66.0 Å². The third-order valence-corrected chi connectivity index (χ3v) is 3.24. The van der Waals surface area contributed by atoms with Crippen molar-refractivity contribution in [3.05, 3.63) is 12.7 Å². The fraction of sp³-hybridized carbons (Fsp3) is 0.800. The van der Waals surface area contributed by atoms with Gasteiger partial charge in [0.25, 0.3) is 0 Å². The molecule has 0 saturated heterocycles. The molecule has 0 aromatic heterocycles. The van der Waals surface area contributed by atoms with Crippen LogP contribution in [0.5, 0.6) is 0 Å². The summed E-state index contributed by atoms with van der Waals surface area (Å²) in [6, 6.07) is 0.315. The number of carbonyl (C=O) groups excluding carboxylic acids is 1. The van der Waals surface area contributed by atoms with Crippen LogP contribution in [-0.4, -0.2) is 17.4 Å². The maximum atomic E-state index is 12.5. The molecule has 0 aromatic rings. The minimum absolute atomic E-state index is 0.0678. The molecule has 0 aromatic carbocycles. The van der Waals surface area contributed by atoms with Gasteiger partial charge in [0, 0.05) is 12.0 Å². The van der Waals surface area contributed by atoms with Gasteiger partial charge in [-0.1, -0.05) is 33.8 Å². The highest BCUT2D eigenvalue weighted by molar-refractivity contribution is 5.90. The number of allylic oxidation sites excluding steroid dienone is 1. The number of hydrogen-bond donors (Lipinski definition) is 1. The van der Waals surface area contributed by atoms with Crippen LogP contribution in [-0.2, 0) is 4.79 Å². The van der Waals surface area contributed by atoms with E-state index in [1.807, 2.05) is 19.9 Å². The molecule has 100 valence electrons. The quantitative estimate of drug-likeness (QED) is 0.656. The van der Waals surface area contributed by atoms with Gasteiger partial charge in [0.2, 0.25) is 0 Å². The molecule has 2 nitrogen and oxygen atoms in total. The first-order valence-electron chi connectivity index (χ1n) is 6.73. The van der Waals surface area contributed by atoms with Crippen LogP contribution in [0.15, 0.2) is 12.7 Å². The van der Waals surface area contributed by atoms with E-state index in [1.165, 1.54) is 0 Å². The van der Waals surface area contributed by atoms with Crippen molar-refractivity contribution in [3.63, 3.8) is 0 Å². The molecular weight excluding hydrogens is 210 g/mol. The Morgan fingerprint density at radius 2 is 1.82 bits per heavy atom. The van der Waals surface area contributed by atoms with E-state index in [2.05, 4.69) is 39.6 Å². The fourth-order valence-electron chi connectivity index (χ4n) is 2.39. The van der Waals surface area contributed by atoms with Crippen LogP contribution in [0.4, 0.5) is 0 Å². The Hall–Kier alpha value is -0.630. The van der Waals surface area contributed by atoms with Gasteiger partial charge in [0.15, 0.2) is 5.78 Å². The van der Waals surface area contributed by atoms with Gasteiger partial charge in [-0.25, -0.2) is 0 Å². The summed E-state index contributed by atoms with van der Waals surface area (Å²) in [5, 5.41) is 3.49. The van der Waals surface area contributed by atoms with Gasteiger partial charge in [0.1, 0.15) is 0 Å². The molecule has 0 rings (SSSR count). The van der Waals surface area contributed by atoms with E-state index < -0.39 is 5.54 Å². The Morgan fingerprint density at radius 3 is 2.12 bits per heavy atom. The summed E-state index contributed by atoms with van der Waals surface area (Å²) >= 11 is 0. The fourth-order valence-corrected chi connectivity index (χ4v) is 2.39. The summed E-state index contributed by atoms with van der Waals surface area (Å²) in [5.41, 5.74) is -0.393. The van der Waals surface area contributed by atoms with Gasteiger partial charge in [-0.15, -0.1) is 6.58 Å². The third-order valence-electron chi connectivity index (χ3n) is 3.24. The van der Waals surface area contributed by atoms with Crippen molar-refractivity contribution in [1.82, 2.24) is 5.32 Å². The van der Waals surface area contributed by atoms with Gasteiger partial charge < -0.3 is 5.32 Å². The molecule has 0 fully saturated rings. The zero-order valence-corrected chi connectivity index (χ0v) is 12.3. The van der Waals surface area contributed by atoms with Crippen LogP contribution in [0.1, 0.15) is 54.4 Å². The number of rotatable bonds is 8. The van der Waals surface area contributed by atoms with Crippen LogP contribution in [0, 0.1) is 11.8 Å². The summed E-state index contributed by atoms with van der Waals surface area (Å²) in [7, 11) is 0. The molecule has 0 radical (unpaired) electrons. The van der Waals surface area contributed by atoms with E-state index in [9.17, 15) is 4.79 Å². The van der Waals surface area contributed by atoms with E-state index in [0.717, 1.165) is 12.8 Å². The van der Waals surface area contributed by atoms with Crippen LogP contribution in [0.2, 0.25) is 0 Å². The topological polar surface area (TPSA) is 29.1 Å². The van der Waals surface area contributed by atoms with Crippen molar-refractivity contribution in [2.75, 3.05) is 0 Å². The third kappa shape index (κ3) is 4.63. The summed E-state index contributed by atoms with van der Waals surface area (Å²) in [4.78, 5) is 12.5. The highest BCUT2D eigenvalue weighted by Crippen LogP contribution is 2.26. The number of hydrogen-bond acceptors (Lipinski definition) is 2. The molecule has 0 bridgehead atoms. The summed E-state index contributed by atoms with van der Waals surface area (Å²) < 4.78 is 0. The lowest BCUT2D eigenvalue weighted by Gasteiger charge is -2.37. The van der Waals surface area contributed by atoms with Crippen molar-refractivity contribution < 1.29 is 4.79 Å².